The summed E-state index contributed by atoms with van der Waals surface area (Å²) in [4.78, 5) is 23.0. The molecule has 4 atom stereocenters. The van der Waals surface area contributed by atoms with Gasteiger partial charge in [-0.3, -0.25) is 0 Å². The van der Waals surface area contributed by atoms with Crippen LogP contribution in [0.3, 0.4) is 0 Å². The van der Waals surface area contributed by atoms with Crippen LogP contribution in [0, 0.1) is 17.8 Å². The first-order valence-electron chi connectivity index (χ1n) is 7.25. The Bertz CT molecular complexity index is 357. The van der Waals surface area contributed by atoms with Gasteiger partial charge in [-0.25, -0.2) is 9.59 Å². The molecule has 108 valence electrons. The van der Waals surface area contributed by atoms with Crippen LogP contribution in [-0.4, -0.2) is 29.2 Å². The standard InChI is InChI=1S/C14H24N2O3/c1-8(2)5-12(13(17)18)16-14(19)15-11-7-9-3-4-10(11)6-9/h8-12H,3-7H2,1-2H3,(H,17,18)(H2,15,16,19)/t9?,10?,11?,12-/m1/s1. The Morgan fingerprint density at radius 2 is 2.00 bits per heavy atom. The SMILES string of the molecule is CC(C)C[C@@H](NC(=O)NC1CC2CCC1C2)C(=O)O. The number of hydrogen-bond acceptors (Lipinski definition) is 2. The first kappa shape index (κ1) is 14.2. The molecule has 5 nitrogen and oxygen atoms in total. The lowest BCUT2D eigenvalue weighted by atomic mass is 9.95. The highest BCUT2D eigenvalue weighted by Crippen LogP contribution is 2.44. The molecule has 0 saturated heterocycles. The van der Waals surface area contributed by atoms with E-state index in [4.69, 9.17) is 5.11 Å². The number of amides is 2. The average Bonchev–Trinajstić information content (AvgIpc) is 2.89. The molecule has 2 fully saturated rings. The third-order valence-corrected chi connectivity index (χ3v) is 4.37. The molecule has 0 heterocycles. The molecule has 0 radical (unpaired) electrons. The topological polar surface area (TPSA) is 78.4 Å². The van der Waals surface area contributed by atoms with Gasteiger partial charge in [0.1, 0.15) is 6.04 Å². The third kappa shape index (κ3) is 3.61. The van der Waals surface area contributed by atoms with E-state index >= 15 is 0 Å². The van der Waals surface area contributed by atoms with Crippen molar-refractivity contribution in [3.05, 3.63) is 0 Å². The smallest absolute Gasteiger partial charge is 0.326 e. The Hall–Kier alpha value is -1.26. The number of carboxylic acid groups (broad SMARTS) is 1. The van der Waals surface area contributed by atoms with Crippen molar-refractivity contribution in [3.63, 3.8) is 0 Å². The van der Waals surface area contributed by atoms with Crippen LogP contribution in [-0.2, 0) is 4.79 Å². The number of carboxylic acids is 1. The normalized spacial score (nSPS) is 30.4. The average molecular weight is 268 g/mol. The number of carbonyl (C=O) groups excluding carboxylic acids is 1. The van der Waals surface area contributed by atoms with Gasteiger partial charge in [-0.1, -0.05) is 20.3 Å². The maximum Gasteiger partial charge on any atom is 0.326 e. The fourth-order valence-corrected chi connectivity index (χ4v) is 3.48. The van der Waals surface area contributed by atoms with Gasteiger partial charge in [0, 0.05) is 6.04 Å². The lowest BCUT2D eigenvalue weighted by Gasteiger charge is -2.24. The van der Waals surface area contributed by atoms with Crippen molar-refractivity contribution in [1.82, 2.24) is 10.6 Å². The van der Waals surface area contributed by atoms with Gasteiger partial charge in [0.2, 0.25) is 0 Å². The molecule has 2 aliphatic carbocycles. The molecular formula is C14H24N2O3. The summed E-state index contributed by atoms with van der Waals surface area (Å²) in [5.41, 5.74) is 0. The summed E-state index contributed by atoms with van der Waals surface area (Å²) in [6, 6.07) is -0.878. The Kier molecular flexibility index (Phi) is 4.32. The van der Waals surface area contributed by atoms with Crippen molar-refractivity contribution in [3.8, 4) is 0 Å². The van der Waals surface area contributed by atoms with E-state index in [2.05, 4.69) is 10.6 Å². The number of urea groups is 1. The van der Waals surface area contributed by atoms with Crippen molar-refractivity contribution in [2.75, 3.05) is 0 Å². The van der Waals surface area contributed by atoms with Crippen molar-refractivity contribution in [1.29, 1.82) is 0 Å². The zero-order valence-electron chi connectivity index (χ0n) is 11.7. The van der Waals surface area contributed by atoms with Crippen LogP contribution < -0.4 is 10.6 Å². The molecule has 0 aromatic heterocycles. The number of aliphatic carboxylic acids is 1. The highest BCUT2D eigenvalue weighted by Gasteiger charge is 2.40. The molecule has 3 unspecified atom stereocenters. The molecule has 5 heteroatoms. The zero-order valence-corrected chi connectivity index (χ0v) is 11.7. The highest BCUT2D eigenvalue weighted by molar-refractivity contribution is 5.82. The summed E-state index contributed by atoms with van der Waals surface area (Å²) < 4.78 is 0. The van der Waals surface area contributed by atoms with E-state index in [-0.39, 0.29) is 18.0 Å². The van der Waals surface area contributed by atoms with Gasteiger partial charge >= 0.3 is 12.0 Å². The Balaban J connectivity index is 1.81. The monoisotopic (exact) mass is 268 g/mol. The first-order valence-corrected chi connectivity index (χ1v) is 7.25. The molecule has 2 rings (SSSR count). The Labute approximate surface area is 114 Å². The maximum absolute atomic E-state index is 11.9. The number of rotatable bonds is 5. The summed E-state index contributed by atoms with van der Waals surface area (Å²) in [6.45, 7) is 3.90. The molecule has 3 N–H and O–H groups in total. The quantitative estimate of drug-likeness (QED) is 0.713. The van der Waals surface area contributed by atoms with E-state index in [1.807, 2.05) is 13.8 Å². The second kappa shape index (κ2) is 5.80. The lowest BCUT2D eigenvalue weighted by Crippen LogP contribution is -2.50. The van der Waals surface area contributed by atoms with Gasteiger partial charge in [-0.2, -0.15) is 0 Å². The Morgan fingerprint density at radius 3 is 2.47 bits per heavy atom. The summed E-state index contributed by atoms with van der Waals surface area (Å²) in [5, 5.41) is 14.6. The number of fused-ring (bicyclic) bond motifs is 2. The van der Waals surface area contributed by atoms with Crippen molar-refractivity contribution in [2.45, 2.75) is 58.0 Å². The molecule has 0 aliphatic heterocycles. The van der Waals surface area contributed by atoms with E-state index in [0.29, 0.717) is 12.3 Å². The minimum Gasteiger partial charge on any atom is -0.480 e. The van der Waals surface area contributed by atoms with Crippen LogP contribution >= 0.6 is 0 Å². The van der Waals surface area contributed by atoms with Gasteiger partial charge in [0.25, 0.3) is 0 Å². The molecule has 2 amide bonds. The summed E-state index contributed by atoms with van der Waals surface area (Å²) in [5.74, 6) is 0.644. The van der Waals surface area contributed by atoms with E-state index in [1.54, 1.807) is 0 Å². The van der Waals surface area contributed by atoms with E-state index in [0.717, 1.165) is 12.3 Å². The predicted molar refractivity (Wildman–Crippen MR) is 71.8 cm³/mol. The molecule has 2 bridgehead atoms. The van der Waals surface area contributed by atoms with Crippen molar-refractivity contribution < 1.29 is 14.7 Å². The summed E-state index contributed by atoms with van der Waals surface area (Å²) in [6.07, 6.45) is 5.22. The zero-order chi connectivity index (χ0) is 14.0. The predicted octanol–water partition coefficient (Wildman–Crippen LogP) is 1.97. The highest BCUT2D eigenvalue weighted by atomic mass is 16.4. The third-order valence-electron chi connectivity index (χ3n) is 4.37. The molecule has 0 aromatic carbocycles. The van der Waals surface area contributed by atoms with E-state index < -0.39 is 12.0 Å². The van der Waals surface area contributed by atoms with Crippen LogP contribution in [0.1, 0.15) is 46.0 Å². The van der Waals surface area contributed by atoms with Gasteiger partial charge in [-0.15, -0.1) is 0 Å². The minimum absolute atomic E-state index is 0.240. The molecule has 2 saturated carbocycles. The number of carbonyl (C=O) groups is 2. The maximum atomic E-state index is 11.9. The van der Waals surface area contributed by atoms with Gasteiger partial charge in [-0.05, 0) is 43.4 Å². The van der Waals surface area contributed by atoms with Crippen LogP contribution in [0.5, 0.6) is 0 Å². The molecule has 19 heavy (non-hydrogen) atoms. The molecular weight excluding hydrogens is 244 g/mol. The van der Waals surface area contributed by atoms with E-state index in [1.165, 1.54) is 19.3 Å². The fraction of sp³-hybridized carbons (Fsp3) is 0.857. The Morgan fingerprint density at radius 1 is 1.26 bits per heavy atom. The summed E-state index contributed by atoms with van der Waals surface area (Å²) in [7, 11) is 0. The minimum atomic E-state index is -0.961. The molecule has 0 aromatic rings. The van der Waals surface area contributed by atoms with E-state index in [9.17, 15) is 9.59 Å². The summed E-state index contributed by atoms with van der Waals surface area (Å²) >= 11 is 0. The second-order valence-electron chi connectivity index (χ2n) is 6.42. The van der Waals surface area contributed by atoms with Crippen LogP contribution in [0.15, 0.2) is 0 Å². The second-order valence-corrected chi connectivity index (χ2v) is 6.42. The van der Waals surface area contributed by atoms with Gasteiger partial charge in [0.15, 0.2) is 0 Å². The largest absolute Gasteiger partial charge is 0.480 e. The van der Waals surface area contributed by atoms with Crippen LogP contribution in [0.4, 0.5) is 4.79 Å². The van der Waals surface area contributed by atoms with Crippen molar-refractivity contribution in [2.24, 2.45) is 17.8 Å². The van der Waals surface area contributed by atoms with Crippen LogP contribution in [0.2, 0.25) is 0 Å². The number of nitrogens with one attached hydrogen (secondary N) is 2. The van der Waals surface area contributed by atoms with Gasteiger partial charge < -0.3 is 15.7 Å². The van der Waals surface area contributed by atoms with Crippen LogP contribution in [0.25, 0.3) is 0 Å². The number of hydrogen-bond donors (Lipinski definition) is 3. The fourth-order valence-electron chi connectivity index (χ4n) is 3.48. The first-order chi connectivity index (χ1) is 8.95. The van der Waals surface area contributed by atoms with Crippen molar-refractivity contribution >= 4 is 12.0 Å². The molecule has 2 aliphatic rings. The lowest BCUT2D eigenvalue weighted by molar-refractivity contribution is -0.139. The van der Waals surface area contributed by atoms with Gasteiger partial charge in [0.05, 0.1) is 0 Å². The molecule has 0 spiro atoms.